The lowest BCUT2D eigenvalue weighted by molar-refractivity contribution is 0.168. The number of rotatable bonds is 0. The second-order valence-electron chi connectivity index (χ2n) is 0.712. The Kier molecular flexibility index (Phi) is 1.41. The van der Waals surface area contributed by atoms with Crippen LogP contribution >= 0.6 is 11.8 Å². The number of hydrogen-bond acceptors (Lipinski definition) is 3. The van der Waals surface area contributed by atoms with Crippen molar-refractivity contribution in [3.8, 4) is 0 Å². The first kappa shape index (κ1) is 4.02. The summed E-state index contributed by atoms with van der Waals surface area (Å²) in [6.45, 7) is 0. The van der Waals surface area contributed by atoms with Gasteiger partial charge in [0.05, 0.1) is 0 Å². The molecular weight excluding hydrogens is 98.1 g/mol. The number of hydroxylamine groups is 1. The fourth-order valence-electron chi connectivity index (χ4n) is 0.172. The van der Waals surface area contributed by atoms with Gasteiger partial charge in [0.2, 0.25) is 0 Å². The second kappa shape index (κ2) is 2.10. The van der Waals surface area contributed by atoms with Gasteiger partial charge in [-0.3, -0.25) is 0 Å². The second-order valence-corrected chi connectivity index (χ2v) is 1.42. The highest BCUT2D eigenvalue weighted by molar-refractivity contribution is 8.04. The molecule has 0 aromatic heterocycles. The van der Waals surface area contributed by atoms with Crippen molar-refractivity contribution in [2.24, 2.45) is 0 Å². The summed E-state index contributed by atoms with van der Waals surface area (Å²) in [4.78, 5) is 4.51. The Morgan fingerprint density at radius 3 is 3.00 bits per heavy atom. The summed E-state index contributed by atoms with van der Waals surface area (Å²) in [6.07, 6.45) is 1.56. The van der Waals surface area contributed by atoms with Crippen LogP contribution in [0.1, 0.15) is 0 Å². The normalized spacial score (nSPS) is 20.0. The molecule has 0 unspecified atom stereocenters. The largest absolute Gasteiger partial charge is 0.414 e. The van der Waals surface area contributed by atoms with Gasteiger partial charge in [-0.15, -0.1) is 5.48 Å². The first-order valence-corrected chi connectivity index (χ1v) is 2.34. The summed E-state index contributed by atoms with van der Waals surface area (Å²) < 4.78 is 0. The van der Waals surface area contributed by atoms with Gasteiger partial charge in [-0.1, -0.05) is 11.8 Å². The molecule has 0 spiro atoms. The van der Waals surface area contributed by atoms with Crippen molar-refractivity contribution >= 4 is 11.8 Å². The molecule has 2 nitrogen and oxygen atoms in total. The maximum absolute atomic E-state index is 4.51. The average molecular weight is 101 g/mol. The van der Waals surface area contributed by atoms with E-state index < -0.39 is 0 Å². The quantitative estimate of drug-likeness (QED) is 0.486. The molecule has 0 bridgehead atoms. The zero-order valence-electron chi connectivity index (χ0n) is 2.97. The molecule has 6 heavy (non-hydrogen) atoms. The summed E-state index contributed by atoms with van der Waals surface area (Å²) in [5.74, 6) is 2.64. The Hall–Kier alpha value is -0.150. The maximum atomic E-state index is 4.51. The van der Waals surface area contributed by atoms with E-state index in [2.05, 4.69) is 16.2 Å². The molecule has 32 valence electrons. The number of hydrogen-bond donors (Lipinski definition) is 1. The fraction of sp³-hybridized carbons (Fsp3) is 0. The highest BCUT2D eigenvalue weighted by atomic mass is 32.2. The molecule has 1 N–H and O–H groups in total. The average Bonchev–Trinajstić information content (AvgIpc) is 1.72. The molecule has 0 aliphatic carbocycles. The fourth-order valence-corrected chi connectivity index (χ4v) is 0.447. The van der Waals surface area contributed by atoms with Crippen LogP contribution in [0.25, 0.3) is 0 Å². The van der Waals surface area contributed by atoms with Crippen LogP contribution in [0.15, 0.2) is 11.7 Å². The molecule has 2 radical (unpaired) electrons. The predicted octanol–water partition coefficient (Wildman–Crippen LogP) is 0.722. The van der Waals surface area contributed by atoms with Crippen molar-refractivity contribution in [1.82, 2.24) is 5.48 Å². The molecule has 1 aliphatic heterocycles. The third-order valence-electron chi connectivity index (χ3n) is 0.351. The lowest BCUT2D eigenvalue weighted by Gasteiger charge is -2.01. The third kappa shape index (κ3) is 0.914. The minimum Gasteiger partial charge on any atom is -0.414 e. The molecule has 1 aliphatic rings. The molecule has 0 fully saturated rings. The molecule has 0 aromatic rings. The van der Waals surface area contributed by atoms with Crippen LogP contribution in [0.3, 0.4) is 0 Å². The summed E-state index contributed by atoms with van der Waals surface area (Å²) in [5.41, 5.74) is 2.41. The van der Waals surface area contributed by atoms with Crippen molar-refractivity contribution in [1.29, 1.82) is 0 Å². The monoisotopic (exact) mass is 101 g/mol. The Labute approximate surface area is 40.5 Å². The molecule has 0 aromatic carbocycles. The van der Waals surface area contributed by atoms with Crippen LogP contribution < -0.4 is 5.48 Å². The van der Waals surface area contributed by atoms with E-state index in [4.69, 9.17) is 0 Å². The van der Waals surface area contributed by atoms with Crippen LogP contribution in [0, 0.1) is 5.88 Å². The van der Waals surface area contributed by atoms with Gasteiger partial charge < -0.3 is 4.84 Å². The minimum atomic E-state index is 1.43. The van der Waals surface area contributed by atoms with E-state index in [0.717, 1.165) is 0 Å². The first-order valence-electron chi connectivity index (χ1n) is 1.46. The van der Waals surface area contributed by atoms with E-state index in [0.29, 0.717) is 0 Å². The Morgan fingerprint density at radius 2 is 2.83 bits per heavy atom. The van der Waals surface area contributed by atoms with Crippen LogP contribution in [-0.4, -0.2) is 0 Å². The van der Waals surface area contributed by atoms with Gasteiger partial charge in [0.15, 0.2) is 5.88 Å². The van der Waals surface area contributed by atoms with E-state index in [1.165, 1.54) is 11.8 Å². The number of nitrogens with one attached hydrogen (secondary N) is 1. The van der Waals surface area contributed by atoms with Crippen molar-refractivity contribution in [3.05, 3.63) is 17.5 Å². The van der Waals surface area contributed by atoms with E-state index in [-0.39, 0.29) is 0 Å². The lowest BCUT2D eigenvalue weighted by Crippen LogP contribution is -2.05. The topological polar surface area (TPSA) is 21.3 Å². The van der Waals surface area contributed by atoms with Crippen molar-refractivity contribution in [2.75, 3.05) is 0 Å². The molecule has 0 atom stereocenters. The Balaban J connectivity index is 2.26. The molecule has 1 heterocycles. The first-order chi connectivity index (χ1) is 3.00. The van der Waals surface area contributed by atoms with Gasteiger partial charge in [-0.25, -0.2) is 0 Å². The highest BCUT2D eigenvalue weighted by Gasteiger charge is 1.87. The standard InChI is InChI=1S/C3H3NOS/c1-2-6-3-4-5-1/h1-2,4H. The van der Waals surface area contributed by atoms with E-state index in [9.17, 15) is 0 Å². The summed E-state index contributed by atoms with van der Waals surface area (Å²) in [5, 5.41) is 1.79. The molecule has 3 heteroatoms. The zero-order valence-corrected chi connectivity index (χ0v) is 3.79. The molecule has 0 saturated carbocycles. The Bertz CT molecular complexity index is 55.8. The van der Waals surface area contributed by atoms with Crippen LogP contribution in [0.2, 0.25) is 0 Å². The van der Waals surface area contributed by atoms with Gasteiger partial charge >= 0.3 is 0 Å². The Morgan fingerprint density at radius 1 is 1.83 bits per heavy atom. The van der Waals surface area contributed by atoms with E-state index >= 15 is 0 Å². The number of thioether (sulfide) groups is 1. The minimum absolute atomic E-state index is 1.43. The van der Waals surface area contributed by atoms with Gasteiger partial charge in [-0.05, 0) is 0 Å². The molecular formula is C3H3NOS. The lowest BCUT2D eigenvalue weighted by atomic mass is 11.1. The zero-order chi connectivity index (χ0) is 4.24. The van der Waals surface area contributed by atoms with E-state index in [1.807, 2.05) is 0 Å². The van der Waals surface area contributed by atoms with Crippen LogP contribution in [0.5, 0.6) is 0 Å². The maximum Gasteiger partial charge on any atom is 0.170 e. The smallest absolute Gasteiger partial charge is 0.170 e. The highest BCUT2D eigenvalue weighted by Crippen LogP contribution is 2.06. The van der Waals surface area contributed by atoms with Crippen molar-refractivity contribution in [3.63, 3.8) is 0 Å². The summed E-state index contributed by atoms with van der Waals surface area (Å²) in [7, 11) is 0. The van der Waals surface area contributed by atoms with E-state index in [1.54, 1.807) is 11.7 Å². The van der Waals surface area contributed by atoms with Crippen LogP contribution in [0.4, 0.5) is 0 Å². The third-order valence-corrected chi connectivity index (χ3v) is 0.800. The van der Waals surface area contributed by atoms with Gasteiger partial charge in [0.1, 0.15) is 6.26 Å². The van der Waals surface area contributed by atoms with Crippen LogP contribution in [-0.2, 0) is 4.84 Å². The molecule has 0 amide bonds. The van der Waals surface area contributed by atoms with Crippen molar-refractivity contribution < 1.29 is 4.84 Å². The molecule has 1 rings (SSSR count). The molecule has 0 saturated heterocycles. The predicted molar refractivity (Wildman–Crippen MR) is 24.2 cm³/mol. The summed E-state index contributed by atoms with van der Waals surface area (Å²) in [6, 6.07) is 0. The summed E-state index contributed by atoms with van der Waals surface area (Å²) >= 11 is 1.43. The van der Waals surface area contributed by atoms with Gasteiger partial charge in [0.25, 0.3) is 0 Å². The van der Waals surface area contributed by atoms with Gasteiger partial charge in [-0.2, -0.15) is 0 Å². The van der Waals surface area contributed by atoms with Gasteiger partial charge in [0, 0.05) is 5.41 Å². The van der Waals surface area contributed by atoms with Crippen molar-refractivity contribution in [2.45, 2.75) is 0 Å². The SMILES string of the molecule is [C]1NOC=CS1.